The topological polar surface area (TPSA) is 26.3 Å². The number of aldehydes is 1. The second kappa shape index (κ2) is 47.2. The Kier molecular flexibility index (Phi) is 48.5. The van der Waals surface area contributed by atoms with E-state index in [9.17, 15) is 4.79 Å². The third-order valence-electron chi connectivity index (χ3n) is 10.7. The third kappa shape index (κ3) is 45.2. The van der Waals surface area contributed by atoms with E-state index < -0.39 is 0 Å². The van der Waals surface area contributed by atoms with Gasteiger partial charge in [-0.1, -0.05) is 246 Å². The number of hydrogen-bond acceptors (Lipinski definition) is 2. The molecule has 0 spiro atoms. The molecule has 0 fully saturated rings. The summed E-state index contributed by atoms with van der Waals surface area (Å²) in [5.41, 5.74) is 0. The molecule has 0 aliphatic rings. The fourth-order valence-corrected chi connectivity index (χ4v) is 7.26. The van der Waals surface area contributed by atoms with E-state index in [4.69, 9.17) is 4.74 Å². The number of allylic oxidation sites excluding steroid dienone is 1. The van der Waals surface area contributed by atoms with Gasteiger partial charge in [-0.05, 0) is 30.8 Å². The molecule has 0 unspecified atom stereocenters. The van der Waals surface area contributed by atoms with Gasteiger partial charge in [0, 0.05) is 6.42 Å². The molecule has 49 heavy (non-hydrogen) atoms. The summed E-state index contributed by atoms with van der Waals surface area (Å²) in [4.78, 5) is 10.9. The zero-order valence-corrected chi connectivity index (χ0v) is 34.9. The van der Waals surface area contributed by atoms with Crippen molar-refractivity contribution in [2.75, 3.05) is 7.11 Å². The van der Waals surface area contributed by atoms with Crippen LogP contribution in [0.1, 0.15) is 265 Å². The second-order valence-corrected chi connectivity index (χ2v) is 15.6. The molecule has 0 aliphatic carbocycles. The Bertz CT molecular complexity index is 599. The SMILES string of the molecule is CCCCCCCCCCCCC[C@H](/C=C/OC)CCCCCCC.CCCCCCCCCCCCC[C@H](CC=O)CCCCCCC. The smallest absolute Gasteiger partial charge is 0.120 e. The molecule has 0 saturated heterocycles. The molecule has 0 amide bonds. The van der Waals surface area contributed by atoms with Gasteiger partial charge in [0.05, 0.1) is 13.4 Å². The fraction of sp³-hybridized carbons (Fsp3) is 0.936. The molecule has 2 heteroatoms. The minimum absolute atomic E-state index is 0.669. The van der Waals surface area contributed by atoms with Gasteiger partial charge < -0.3 is 9.53 Å². The molecule has 0 N–H and O–H groups in total. The van der Waals surface area contributed by atoms with Gasteiger partial charge in [-0.15, -0.1) is 0 Å². The molecule has 0 bridgehead atoms. The normalized spacial score (nSPS) is 12.6. The number of rotatable bonds is 40. The van der Waals surface area contributed by atoms with Crippen molar-refractivity contribution < 1.29 is 9.53 Å². The minimum atomic E-state index is 0.669. The Morgan fingerprint density at radius 3 is 0.918 bits per heavy atom. The van der Waals surface area contributed by atoms with E-state index in [1.807, 2.05) is 6.26 Å². The van der Waals surface area contributed by atoms with Gasteiger partial charge in [0.25, 0.3) is 0 Å². The van der Waals surface area contributed by atoms with E-state index in [-0.39, 0.29) is 0 Å². The van der Waals surface area contributed by atoms with Gasteiger partial charge in [-0.25, -0.2) is 0 Å². The molecular weight excluding hydrogens is 597 g/mol. The van der Waals surface area contributed by atoms with Gasteiger partial charge in [0.1, 0.15) is 6.29 Å². The Morgan fingerprint density at radius 2 is 0.653 bits per heavy atom. The van der Waals surface area contributed by atoms with Crippen molar-refractivity contribution in [1.29, 1.82) is 0 Å². The summed E-state index contributed by atoms with van der Waals surface area (Å²) in [6.07, 6.45) is 56.4. The number of hydrogen-bond donors (Lipinski definition) is 0. The van der Waals surface area contributed by atoms with Crippen LogP contribution in [0.4, 0.5) is 0 Å². The lowest BCUT2D eigenvalue weighted by atomic mass is 9.92. The maximum atomic E-state index is 10.9. The summed E-state index contributed by atoms with van der Waals surface area (Å²) in [6.45, 7) is 9.13. The van der Waals surface area contributed by atoms with Crippen molar-refractivity contribution in [2.45, 2.75) is 265 Å². The number of carbonyl (C=O) groups excluding carboxylic acids is 1. The fourth-order valence-electron chi connectivity index (χ4n) is 7.26. The number of carbonyl (C=O) groups is 1. The first-order valence-electron chi connectivity index (χ1n) is 22.8. The molecule has 0 rings (SSSR count). The molecule has 2 atom stereocenters. The highest BCUT2D eigenvalue weighted by Gasteiger charge is 2.08. The average molecular weight is 691 g/mol. The molecule has 2 nitrogen and oxygen atoms in total. The zero-order chi connectivity index (χ0) is 36.1. The Balaban J connectivity index is 0. The summed E-state index contributed by atoms with van der Waals surface area (Å²) in [5.74, 6) is 1.41. The predicted molar refractivity (Wildman–Crippen MR) is 223 cm³/mol. The van der Waals surface area contributed by atoms with Crippen LogP contribution in [0.3, 0.4) is 0 Å². The van der Waals surface area contributed by atoms with Crippen LogP contribution >= 0.6 is 0 Å². The lowest BCUT2D eigenvalue weighted by Gasteiger charge is -2.14. The van der Waals surface area contributed by atoms with Crippen LogP contribution in [-0.4, -0.2) is 13.4 Å². The van der Waals surface area contributed by atoms with Crippen LogP contribution in [-0.2, 0) is 9.53 Å². The lowest BCUT2D eigenvalue weighted by molar-refractivity contribution is -0.108. The molecule has 0 aromatic heterocycles. The van der Waals surface area contributed by atoms with Crippen molar-refractivity contribution >= 4 is 6.29 Å². The quantitative estimate of drug-likeness (QED) is 0.0363. The summed E-state index contributed by atoms with van der Waals surface area (Å²) in [5, 5.41) is 0. The van der Waals surface area contributed by atoms with Gasteiger partial charge >= 0.3 is 0 Å². The molecule has 0 aliphatic heterocycles. The Labute approximate surface area is 311 Å². The maximum Gasteiger partial charge on any atom is 0.120 e. The van der Waals surface area contributed by atoms with E-state index in [2.05, 4.69) is 33.8 Å². The summed E-state index contributed by atoms with van der Waals surface area (Å²) >= 11 is 0. The number of unbranched alkanes of at least 4 members (excludes halogenated alkanes) is 28. The van der Waals surface area contributed by atoms with Crippen molar-refractivity contribution in [3.63, 3.8) is 0 Å². The second-order valence-electron chi connectivity index (χ2n) is 15.6. The van der Waals surface area contributed by atoms with Crippen molar-refractivity contribution in [3.05, 3.63) is 12.3 Å². The maximum absolute atomic E-state index is 10.9. The standard InChI is InChI=1S/C24H48O.C23H46O/c1-4-6-8-10-11-12-13-14-15-17-19-21-24(22-23-25-3)20-18-16-9-7-5-2;1-3-5-7-9-10-11-12-13-14-16-18-20-23(21-22-24)19-17-15-8-6-4-2/h22-24H,4-21H2,1-3H3;22-23H,3-21H2,1-2H3/b23-22+;/t24-;23-/m11/s1. The molecule has 0 aromatic carbocycles. The summed E-state index contributed by atoms with van der Waals surface area (Å²) < 4.78 is 5.14. The molecule has 0 heterocycles. The van der Waals surface area contributed by atoms with Gasteiger partial charge in [-0.2, -0.15) is 0 Å². The van der Waals surface area contributed by atoms with Gasteiger partial charge in [-0.3, -0.25) is 0 Å². The van der Waals surface area contributed by atoms with Gasteiger partial charge in [0.15, 0.2) is 0 Å². The van der Waals surface area contributed by atoms with E-state index in [1.165, 1.54) is 231 Å². The highest BCUT2D eigenvalue weighted by atomic mass is 16.5. The van der Waals surface area contributed by atoms with Crippen LogP contribution in [0.2, 0.25) is 0 Å². The van der Waals surface area contributed by atoms with Crippen molar-refractivity contribution in [1.82, 2.24) is 0 Å². The van der Waals surface area contributed by atoms with E-state index in [0.717, 1.165) is 18.6 Å². The van der Waals surface area contributed by atoms with E-state index in [0.29, 0.717) is 5.92 Å². The van der Waals surface area contributed by atoms with Crippen LogP contribution in [0.15, 0.2) is 12.3 Å². The Morgan fingerprint density at radius 1 is 0.388 bits per heavy atom. The van der Waals surface area contributed by atoms with Crippen LogP contribution < -0.4 is 0 Å². The highest BCUT2D eigenvalue weighted by Crippen LogP contribution is 2.22. The lowest BCUT2D eigenvalue weighted by Crippen LogP contribution is -2.02. The first-order chi connectivity index (χ1) is 24.2. The van der Waals surface area contributed by atoms with E-state index in [1.54, 1.807) is 7.11 Å². The molecule has 0 aromatic rings. The first-order valence-corrected chi connectivity index (χ1v) is 22.8. The number of ether oxygens (including phenoxy) is 1. The van der Waals surface area contributed by atoms with E-state index >= 15 is 0 Å². The van der Waals surface area contributed by atoms with Crippen LogP contribution in [0, 0.1) is 11.8 Å². The van der Waals surface area contributed by atoms with Gasteiger partial charge in [0.2, 0.25) is 0 Å². The predicted octanol–water partition coefficient (Wildman–Crippen LogP) is 17.1. The summed E-state index contributed by atoms with van der Waals surface area (Å²) in [7, 11) is 1.76. The zero-order valence-electron chi connectivity index (χ0n) is 34.9. The summed E-state index contributed by atoms with van der Waals surface area (Å²) in [6, 6.07) is 0. The molecule has 0 saturated carbocycles. The number of methoxy groups -OCH3 is 1. The minimum Gasteiger partial charge on any atom is -0.505 e. The van der Waals surface area contributed by atoms with Crippen LogP contribution in [0.25, 0.3) is 0 Å². The average Bonchev–Trinajstić information content (AvgIpc) is 3.11. The molecule has 0 radical (unpaired) electrons. The van der Waals surface area contributed by atoms with Crippen LogP contribution in [0.5, 0.6) is 0 Å². The molecular formula is C47H94O2. The monoisotopic (exact) mass is 691 g/mol. The molecule has 294 valence electrons. The largest absolute Gasteiger partial charge is 0.505 e. The third-order valence-corrected chi connectivity index (χ3v) is 10.7. The highest BCUT2D eigenvalue weighted by molar-refractivity contribution is 5.49. The van der Waals surface area contributed by atoms with Crippen molar-refractivity contribution in [3.8, 4) is 0 Å². The van der Waals surface area contributed by atoms with Crippen molar-refractivity contribution in [2.24, 2.45) is 11.8 Å². The Hall–Kier alpha value is -0.790. The first kappa shape index (κ1) is 50.3.